The van der Waals surface area contributed by atoms with E-state index in [2.05, 4.69) is 42.5 Å². The molecule has 114 heavy (non-hydrogen) atoms. The Morgan fingerprint density at radius 2 is 1.25 bits per heavy atom. The Morgan fingerprint density at radius 3 is 1.85 bits per heavy atom. The minimum atomic E-state index is -2.36. The number of aliphatic hydroxyl groups excluding tert-OH is 6. The molecule has 0 aliphatic carbocycles. The lowest BCUT2D eigenvalue weighted by atomic mass is 9.89. The highest BCUT2D eigenvalue weighted by molar-refractivity contribution is 6.32. The van der Waals surface area contributed by atoms with Gasteiger partial charge in [0, 0.05) is 46.8 Å². The van der Waals surface area contributed by atoms with Crippen molar-refractivity contribution in [3.05, 3.63) is 176 Å². The molecule has 0 saturated carbocycles. The SMILES string of the molecule is CNC(CC(C)C)C(=O)N[C@H]1C(=O)N[C@@H](CC(N)=O)C(=O)N[C@H]2C(=O)N[C@H]3C(=O)N[C@H](C(=O)N[C@H](C(=O)O)c4cc(O)cc(O)c4-c4cc3ccc4O)[C@H](O)c3ccc(c(Cl)c3)Oc3cc2cc(c3O[C@@H]2O[C@H](CO)[C@@H](O)[C@H](O)[C@H]2O[C@H]2C[C@H](NCc3ccc(-c4ccc(Cl)cc4)cc3)[C@H](O)[C@H](C)O2)Oc2ccc(cc2Cl)[C@H]1O. The number of nitrogens with one attached hydrogen (secondary N) is 8. The van der Waals surface area contributed by atoms with E-state index in [1.54, 1.807) is 19.1 Å². The van der Waals surface area contributed by atoms with Crippen LogP contribution in [0.3, 0.4) is 0 Å². The van der Waals surface area contributed by atoms with E-state index in [-0.39, 0.29) is 52.8 Å². The molecule has 604 valence electrons. The molecule has 0 aromatic heterocycles. The summed E-state index contributed by atoms with van der Waals surface area (Å²) in [4.78, 5) is 118. The predicted octanol–water partition coefficient (Wildman–Crippen LogP) is 3.87. The molecule has 2 saturated heterocycles. The molecule has 1 unspecified atom stereocenters. The van der Waals surface area contributed by atoms with Crippen LogP contribution >= 0.6 is 34.8 Å². The Balaban J connectivity index is 1.03. The van der Waals surface area contributed by atoms with Crippen molar-refractivity contribution in [3.63, 3.8) is 0 Å². The van der Waals surface area contributed by atoms with Gasteiger partial charge in [0.15, 0.2) is 29.9 Å². The number of carbonyl (C=O) groups excluding carboxylic acids is 7. The van der Waals surface area contributed by atoms with Gasteiger partial charge >= 0.3 is 5.97 Å². The number of likely N-dealkylation sites (N-methyl/N-ethyl adjacent to an activating group) is 1. The van der Waals surface area contributed by atoms with E-state index >= 15 is 14.4 Å². The normalized spacial score (nSPS) is 26.7. The number of phenols is 3. The summed E-state index contributed by atoms with van der Waals surface area (Å²) in [5.41, 5.74) is 5.58. The van der Waals surface area contributed by atoms with E-state index < -0.39 is 238 Å². The maximum atomic E-state index is 16.2. The van der Waals surface area contributed by atoms with Crippen molar-refractivity contribution in [2.75, 3.05) is 13.7 Å². The highest BCUT2D eigenvalue weighted by Crippen LogP contribution is 2.50. The van der Waals surface area contributed by atoms with E-state index in [9.17, 15) is 75.0 Å². The van der Waals surface area contributed by atoms with Gasteiger partial charge in [-0.2, -0.15) is 0 Å². The number of fused-ring (bicyclic) bond motifs is 15. The van der Waals surface area contributed by atoms with Crippen LogP contribution in [0.4, 0.5) is 0 Å². The number of ether oxygens (including phenoxy) is 6. The van der Waals surface area contributed by atoms with Crippen LogP contribution in [0.15, 0.2) is 127 Å². The minimum absolute atomic E-state index is 0.105. The Hall–Kier alpha value is -10.5. The largest absolute Gasteiger partial charge is 0.508 e. The first-order chi connectivity index (χ1) is 54.2. The Bertz CT molecular complexity index is 4840. The average molecular weight is 1640 g/mol. The molecule has 11 bridgehead atoms. The number of phenolic OH excluding ortho intramolecular Hbond substituents is 3. The van der Waals surface area contributed by atoms with E-state index in [4.69, 9.17) is 69.0 Å². The van der Waals surface area contributed by atoms with Crippen molar-refractivity contribution in [1.82, 2.24) is 42.5 Å². The summed E-state index contributed by atoms with van der Waals surface area (Å²) in [5, 5.41) is 137. The van der Waals surface area contributed by atoms with Crippen LogP contribution in [0.5, 0.6) is 46.0 Å². The maximum Gasteiger partial charge on any atom is 0.330 e. The molecule has 36 heteroatoms. The number of amides is 7. The van der Waals surface area contributed by atoms with Crippen molar-refractivity contribution in [1.29, 1.82) is 0 Å². The van der Waals surface area contributed by atoms with Gasteiger partial charge in [-0.3, -0.25) is 33.6 Å². The number of halogens is 3. The average Bonchev–Trinajstić information content (AvgIpc) is 0.764. The molecule has 7 aromatic carbocycles. The second-order valence-corrected chi connectivity index (χ2v) is 29.7. The zero-order valence-corrected chi connectivity index (χ0v) is 63.3. The maximum absolute atomic E-state index is 16.2. The molecule has 7 aromatic rings. The number of nitrogens with two attached hydrogens (primary N) is 1. The lowest BCUT2D eigenvalue weighted by Gasteiger charge is -2.45. The Kier molecular flexibility index (Phi) is 25.5. The topological polar surface area (TPSA) is 517 Å². The third kappa shape index (κ3) is 18.2. The van der Waals surface area contributed by atoms with Gasteiger partial charge in [0.25, 0.3) is 0 Å². The third-order valence-corrected chi connectivity index (χ3v) is 20.9. The number of benzene rings is 7. The summed E-state index contributed by atoms with van der Waals surface area (Å²) in [5.74, 6) is -16.0. The van der Waals surface area contributed by atoms with Gasteiger partial charge in [0.05, 0.1) is 41.3 Å². The number of aliphatic hydroxyl groups is 6. The van der Waals surface area contributed by atoms with E-state index in [1.165, 1.54) is 19.2 Å². The number of carbonyl (C=O) groups is 8. The van der Waals surface area contributed by atoms with Crippen molar-refractivity contribution < 1.29 is 118 Å². The van der Waals surface area contributed by atoms with Crippen molar-refractivity contribution in [3.8, 4) is 68.2 Å². The monoisotopic (exact) mass is 1630 g/mol. The number of hydrogen-bond acceptors (Lipinski definition) is 25. The number of rotatable bonds is 17. The first kappa shape index (κ1) is 83.0. The molecule has 18 atom stereocenters. The van der Waals surface area contributed by atoms with Gasteiger partial charge in [0.2, 0.25) is 53.4 Å². The fourth-order valence-electron chi connectivity index (χ4n) is 14.1. The molecule has 0 radical (unpaired) electrons. The summed E-state index contributed by atoms with van der Waals surface area (Å²) in [6.07, 6.45) is -18.4. The van der Waals surface area contributed by atoms with E-state index in [0.29, 0.717) is 5.02 Å². The van der Waals surface area contributed by atoms with Crippen LogP contribution in [0, 0.1) is 5.92 Å². The molecule has 7 amide bonds. The molecule has 20 N–H and O–H groups in total. The molecule has 0 spiro atoms. The second kappa shape index (κ2) is 35.1. The lowest BCUT2D eigenvalue weighted by molar-refractivity contribution is -0.330. The quantitative estimate of drug-likeness (QED) is 0.0615. The smallest absolute Gasteiger partial charge is 0.330 e. The van der Waals surface area contributed by atoms with Crippen LogP contribution < -0.4 is 62.5 Å². The predicted molar refractivity (Wildman–Crippen MR) is 404 cm³/mol. The summed E-state index contributed by atoms with van der Waals surface area (Å²) in [6, 6.07) is 13.5. The van der Waals surface area contributed by atoms with Crippen LogP contribution in [0.25, 0.3) is 22.3 Å². The van der Waals surface area contributed by atoms with E-state index in [0.717, 1.165) is 83.4 Å². The Labute approximate surface area is 664 Å². The van der Waals surface area contributed by atoms with Gasteiger partial charge in [-0.15, -0.1) is 0 Å². The standard InChI is InChI=1S/C78H82Cl3N9O24/c1-31(2)19-47(83-4)71(101)89-62-65(97)37-12-17-51(44(80)21-37)110-53-23-39-24-54(69(53)114-78-70(68(100)67(99)55(30-91)112-78)113-57-28-46(64(96)32(3)109-57)84-29-33-5-7-34(8-6-33)35-9-14-40(79)15-10-35)111-52-18-13-38(22-45(52)81)66(98)63-76(106)88-61(77(107)108)43-25-41(92)26-50(94)58(43)42-20-36(11-16-49(42)93)59(73(103)90-63)87-74(104)60(39)86-72(102)48(27-56(82)95)85-75(62)105/h5-18,20-26,31-32,46-48,55,57,59-68,70,78,83-84,91-94,96-100H,19,27-30H2,1-4H3,(H2,82,95)(H,85,105)(H,86,102)(H,87,104)(H,88,106)(H,89,101)(H,90,103)(H,107,108)/t32-,46-,47?,48-,55+,57-,59+,60+,61-,62+,63-,64+,65+,66+,67+,68-,70+,78-/m0/s1. The van der Waals surface area contributed by atoms with Crippen molar-refractivity contribution in [2.45, 2.75) is 156 Å². The minimum Gasteiger partial charge on any atom is -0.508 e. The first-order valence-corrected chi connectivity index (χ1v) is 37.1. The lowest BCUT2D eigenvalue weighted by Crippen LogP contribution is -2.63. The zero-order valence-electron chi connectivity index (χ0n) is 61.0. The first-order valence-electron chi connectivity index (χ1n) is 36.0. The molecule has 33 nitrogen and oxygen atoms in total. The van der Waals surface area contributed by atoms with Crippen LogP contribution in [-0.2, 0) is 59.1 Å². The summed E-state index contributed by atoms with van der Waals surface area (Å²) in [7, 11) is 1.48. The second-order valence-electron chi connectivity index (χ2n) is 28.5. The molecule has 7 aliphatic heterocycles. The molecule has 2 fully saturated rings. The fourth-order valence-corrected chi connectivity index (χ4v) is 14.7. The van der Waals surface area contributed by atoms with Crippen LogP contribution in [0.1, 0.15) is 104 Å². The Morgan fingerprint density at radius 1 is 0.640 bits per heavy atom. The third-order valence-electron chi connectivity index (χ3n) is 20.1. The molecular weight excluding hydrogens is 1550 g/mol. The van der Waals surface area contributed by atoms with E-state index in [1.807, 2.05) is 50.2 Å². The number of hydrogen-bond donors (Lipinski definition) is 19. The van der Waals surface area contributed by atoms with Gasteiger partial charge < -0.3 is 128 Å². The number of aliphatic carboxylic acids is 1. The summed E-state index contributed by atoms with van der Waals surface area (Å²) >= 11 is 20.4. The van der Waals surface area contributed by atoms with Crippen molar-refractivity contribution >= 4 is 82.1 Å². The van der Waals surface area contributed by atoms with Crippen molar-refractivity contribution in [2.24, 2.45) is 11.7 Å². The van der Waals surface area contributed by atoms with Gasteiger partial charge in [-0.25, -0.2) is 4.79 Å². The fraction of sp³-hybridized carbons (Fsp3) is 0.359. The summed E-state index contributed by atoms with van der Waals surface area (Å²) < 4.78 is 39.2. The van der Waals surface area contributed by atoms with Crippen LogP contribution in [0.2, 0.25) is 15.1 Å². The van der Waals surface area contributed by atoms with Gasteiger partial charge in [0.1, 0.15) is 89.5 Å². The highest BCUT2D eigenvalue weighted by Gasteiger charge is 2.51. The number of carboxylic acid groups (broad SMARTS) is 1. The highest BCUT2D eigenvalue weighted by atomic mass is 35.5. The molecule has 14 rings (SSSR count). The van der Waals surface area contributed by atoms with Gasteiger partial charge in [-0.1, -0.05) is 103 Å². The molecular formula is C78H82Cl3N9O24. The number of primary amides is 1. The number of carboxylic acids is 1. The number of aromatic hydroxyl groups is 3. The summed E-state index contributed by atoms with van der Waals surface area (Å²) in [6.45, 7) is 4.45. The molecule has 7 aliphatic rings. The molecule has 7 heterocycles. The van der Waals surface area contributed by atoms with Crippen LogP contribution in [-0.4, -0.2) is 191 Å². The van der Waals surface area contributed by atoms with Gasteiger partial charge in [-0.05, 0) is 132 Å². The zero-order chi connectivity index (χ0) is 82.0.